The van der Waals surface area contributed by atoms with E-state index in [2.05, 4.69) is 32.2 Å². The summed E-state index contributed by atoms with van der Waals surface area (Å²) >= 11 is 3.03. The van der Waals surface area contributed by atoms with Crippen molar-refractivity contribution in [1.82, 2.24) is 14.8 Å². The summed E-state index contributed by atoms with van der Waals surface area (Å²) in [5.41, 5.74) is 3.12. The van der Waals surface area contributed by atoms with Crippen LogP contribution in [0.5, 0.6) is 0 Å². The maximum absolute atomic E-state index is 12.4. The van der Waals surface area contributed by atoms with Crippen LogP contribution >= 0.6 is 23.1 Å². The Labute approximate surface area is 177 Å². The van der Waals surface area contributed by atoms with Crippen molar-refractivity contribution in [1.29, 1.82) is 0 Å². The van der Waals surface area contributed by atoms with Gasteiger partial charge in [0.15, 0.2) is 11.0 Å². The summed E-state index contributed by atoms with van der Waals surface area (Å²) in [5, 5.41) is 14.4. The van der Waals surface area contributed by atoms with E-state index in [4.69, 9.17) is 0 Å². The van der Waals surface area contributed by atoms with Crippen LogP contribution in [0.15, 0.2) is 77.3 Å². The molecule has 4 rings (SSSR count). The van der Waals surface area contributed by atoms with Crippen molar-refractivity contribution in [3.63, 3.8) is 0 Å². The van der Waals surface area contributed by atoms with E-state index in [1.54, 1.807) is 11.3 Å². The van der Waals surface area contributed by atoms with Gasteiger partial charge in [0.05, 0.1) is 17.2 Å². The van der Waals surface area contributed by atoms with Crippen LogP contribution < -0.4 is 5.32 Å². The number of thioether (sulfide) groups is 1. The molecule has 0 saturated carbocycles. The van der Waals surface area contributed by atoms with Crippen LogP contribution in [0.3, 0.4) is 0 Å². The van der Waals surface area contributed by atoms with E-state index >= 15 is 0 Å². The van der Waals surface area contributed by atoms with E-state index in [0.717, 1.165) is 32.7 Å². The lowest BCUT2D eigenvalue weighted by atomic mass is 10.2. The molecule has 2 aromatic carbocycles. The standard InChI is InChI=1S/C22H20N4OS2/c1-16-9-11-18(12-10-16)23-20(27)15-29-22-25-24-21(19-8-5-13-28-19)26(22)14-17-6-3-2-4-7-17/h2-13H,14-15H2,1H3,(H,23,27). The third kappa shape index (κ3) is 4.93. The number of hydrogen-bond acceptors (Lipinski definition) is 5. The van der Waals surface area contributed by atoms with Gasteiger partial charge in [-0.15, -0.1) is 21.5 Å². The van der Waals surface area contributed by atoms with Gasteiger partial charge in [-0.1, -0.05) is 65.9 Å². The summed E-state index contributed by atoms with van der Waals surface area (Å²) < 4.78 is 2.07. The first-order chi connectivity index (χ1) is 14.2. The second-order valence-electron chi connectivity index (χ2n) is 6.56. The molecule has 0 saturated heterocycles. The van der Waals surface area contributed by atoms with E-state index in [1.807, 2.05) is 66.9 Å². The van der Waals surface area contributed by atoms with E-state index in [-0.39, 0.29) is 11.7 Å². The molecule has 1 N–H and O–H groups in total. The number of thiophene rings is 1. The van der Waals surface area contributed by atoms with Gasteiger partial charge in [-0.05, 0) is 36.1 Å². The molecule has 0 unspecified atom stereocenters. The molecule has 2 heterocycles. The predicted molar refractivity (Wildman–Crippen MR) is 119 cm³/mol. The van der Waals surface area contributed by atoms with E-state index in [9.17, 15) is 4.79 Å². The van der Waals surface area contributed by atoms with Gasteiger partial charge in [0.2, 0.25) is 5.91 Å². The topological polar surface area (TPSA) is 59.8 Å². The first kappa shape index (κ1) is 19.4. The van der Waals surface area contributed by atoms with Gasteiger partial charge in [-0.3, -0.25) is 9.36 Å². The Bertz CT molecular complexity index is 1070. The van der Waals surface area contributed by atoms with Crippen LogP contribution in [0.25, 0.3) is 10.7 Å². The van der Waals surface area contributed by atoms with Crippen molar-refractivity contribution in [2.75, 3.05) is 11.1 Å². The smallest absolute Gasteiger partial charge is 0.234 e. The first-order valence-electron chi connectivity index (χ1n) is 9.19. The quantitative estimate of drug-likeness (QED) is 0.423. The minimum Gasteiger partial charge on any atom is -0.325 e. The number of nitrogens with one attached hydrogen (secondary N) is 1. The van der Waals surface area contributed by atoms with Crippen molar-refractivity contribution in [2.24, 2.45) is 0 Å². The molecule has 0 spiro atoms. The van der Waals surface area contributed by atoms with Crippen LogP contribution in [-0.4, -0.2) is 26.4 Å². The minimum atomic E-state index is -0.0641. The van der Waals surface area contributed by atoms with Gasteiger partial charge in [-0.2, -0.15) is 0 Å². The van der Waals surface area contributed by atoms with Crippen LogP contribution in [0.2, 0.25) is 0 Å². The van der Waals surface area contributed by atoms with Crippen molar-refractivity contribution < 1.29 is 4.79 Å². The van der Waals surface area contributed by atoms with Gasteiger partial charge in [0.25, 0.3) is 0 Å². The molecule has 1 amide bonds. The van der Waals surface area contributed by atoms with Gasteiger partial charge >= 0.3 is 0 Å². The van der Waals surface area contributed by atoms with E-state index in [1.165, 1.54) is 11.8 Å². The number of carbonyl (C=O) groups is 1. The Morgan fingerprint density at radius 2 is 1.83 bits per heavy atom. The van der Waals surface area contributed by atoms with Gasteiger partial charge in [0.1, 0.15) is 0 Å². The highest BCUT2D eigenvalue weighted by atomic mass is 32.2. The van der Waals surface area contributed by atoms with Crippen LogP contribution in [0.1, 0.15) is 11.1 Å². The zero-order valence-electron chi connectivity index (χ0n) is 15.9. The minimum absolute atomic E-state index is 0.0641. The second-order valence-corrected chi connectivity index (χ2v) is 8.45. The maximum atomic E-state index is 12.4. The third-order valence-electron chi connectivity index (χ3n) is 4.31. The summed E-state index contributed by atoms with van der Waals surface area (Å²) in [4.78, 5) is 13.4. The molecule has 0 bridgehead atoms. The molecule has 29 heavy (non-hydrogen) atoms. The molecule has 146 valence electrons. The Balaban J connectivity index is 1.50. The molecule has 0 fully saturated rings. The number of aromatic nitrogens is 3. The lowest BCUT2D eigenvalue weighted by Gasteiger charge is -2.10. The Morgan fingerprint density at radius 1 is 1.03 bits per heavy atom. The summed E-state index contributed by atoms with van der Waals surface area (Å²) in [6.07, 6.45) is 0. The zero-order chi connectivity index (χ0) is 20.1. The normalized spacial score (nSPS) is 10.8. The average Bonchev–Trinajstić information content (AvgIpc) is 3.39. The Hall–Kier alpha value is -2.90. The number of benzene rings is 2. The number of nitrogens with zero attached hydrogens (tertiary/aromatic N) is 3. The monoisotopic (exact) mass is 420 g/mol. The highest BCUT2D eigenvalue weighted by Gasteiger charge is 2.17. The number of rotatable bonds is 7. The molecule has 0 atom stereocenters. The molecule has 0 aliphatic rings. The summed E-state index contributed by atoms with van der Waals surface area (Å²) in [6, 6.07) is 22.0. The largest absolute Gasteiger partial charge is 0.325 e. The molecule has 7 heteroatoms. The van der Waals surface area contributed by atoms with Crippen molar-refractivity contribution in [2.45, 2.75) is 18.6 Å². The SMILES string of the molecule is Cc1ccc(NC(=O)CSc2nnc(-c3cccs3)n2Cc2ccccc2)cc1. The van der Waals surface area contributed by atoms with Crippen LogP contribution in [-0.2, 0) is 11.3 Å². The summed E-state index contributed by atoms with van der Waals surface area (Å²) in [5.74, 6) is 1.03. The molecule has 5 nitrogen and oxygen atoms in total. The van der Waals surface area contributed by atoms with Gasteiger partial charge in [0, 0.05) is 5.69 Å². The number of hydrogen-bond donors (Lipinski definition) is 1. The molecule has 0 aliphatic carbocycles. The van der Waals surface area contributed by atoms with Gasteiger partial charge < -0.3 is 5.32 Å². The lowest BCUT2D eigenvalue weighted by molar-refractivity contribution is -0.113. The number of amides is 1. The highest BCUT2D eigenvalue weighted by molar-refractivity contribution is 7.99. The molecular formula is C22H20N4OS2. The first-order valence-corrected chi connectivity index (χ1v) is 11.1. The van der Waals surface area contributed by atoms with E-state index < -0.39 is 0 Å². The molecular weight excluding hydrogens is 400 g/mol. The molecule has 0 radical (unpaired) electrons. The second kappa shape index (κ2) is 9.07. The summed E-state index contributed by atoms with van der Waals surface area (Å²) in [6.45, 7) is 2.68. The number of aryl methyl sites for hydroxylation is 1. The van der Waals surface area contributed by atoms with E-state index in [0.29, 0.717) is 6.54 Å². The Morgan fingerprint density at radius 3 is 2.55 bits per heavy atom. The fourth-order valence-electron chi connectivity index (χ4n) is 2.86. The Kier molecular flexibility index (Phi) is 6.07. The molecule has 2 aromatic heterocycles. The maximum Gasteiger partial charge on any atom is 0.234 e. The third-order valence-corrected chi connectivity index (χ3v) is 6.14. The zero-order valence-corrected chi connectivity index (χ0v) is 17.5. The lowest BCUT2D eigenvalue weighted by Crippen LogP contribution is -2.14. The predicted octanol–water partition coefficient (Wildman–Crippen LogP) is 5.09. The van der Waals surface area contributed by atoms with Crippen LogP contribution in [0, 0.1) is 6.92 Å². The van der Waals surface area contributed by atoms with Gasteiger partial charge in [-0.25, -0.2) is 0 Å². The number of carbonyl (C=O) groups excluding carboxylic acids is 1. The average molecular weight is 421 g/mol. The number of anilines is 1. The van der Waals surface area contributed by atoms with Crippen molar-refractivity contribution in [3.05, 3.63) is 83.2 Å². The fraction of sp³-hybridized carbons (Fsp3) is 0.136. The molecule has 4 aromatic rings. The fourth-order valence-corrected chi connectivity index (χ4v) is 4.31. The molecule has 0 aliphatic heterocycles. The van der Waals surface area contributed by atoms with Crippen molar-refractivity contribution in [3.8, 4) is 10.7 Å². The van der Waals surface area contributed by atoms with Crippen molar-refractivity contribution >= 4 is 34.7 Å². The highest BCUT2D eigenvalue weighted by Crippen LogP contribution is 2.28. The van der Waals surface area contributed by atoms with Crippen LogP contribution in [0.4, 0.5) is 5.69 Å². The summed E-state index contributed by atoms with van der Waals surface area (Å²) in [7, 11) is 0.